The van der Waals surface area contributed by atoms with Crippen molar-refractivity contribution in [3.8, 4) is 17.6 Å². The van der Waals surface area contributed by atoms with Crippen LogP contribution in [0.2, 0.25) is 0 Å². The van der Waals surface area contributed by atoms with Crippen molar-refractivity contribution in [2.75, 3.05) is 40.3 Å². The quantitative estimate of drug-likeness (QED) is 0.716. The molecule has 0 spiro atoms. The van der Waals surface area contributed by atoms with Crippen molar-refractivity contribution in [2.45, 2.75) is 19.1 Å². The van der Waals surface area contributed by atoms with E-state index < -0.39 is 0 Å². The summed E-state index contributed by atoms with van der Waals surface area (Å²) in [4.78, 5) is 8.83. The lowest BCUT2D eigenvalue weighted by atomic mass is 10.2. The second-order valence-electron chi connectivity index (χ2n) is 7.03. The highest BCUT2D eigenvalue weighted by Gasteiger charge is 2.23. The maximum atomic E-state index is 8.82. The van der Waals surface area contributed by atoms with Gasteiger partial charge in [-0.3, -0.25) is 9.88 Å². The number of nitriles is 1. The van der Waals surface area contributed by atoms with Gasteiger partial charge in [0.25, 0.3) is 0 Å². The van der Waals surface area contributed by atoms with Crippen molar-refractivity contribution in [1.29, 1.82) is 5.26 Å². The zero-order valence-electron chi connectivity index (χ0n) is 16.0. The first-order valence-electron chi connectivity index (χ1n) is 9.24. The topological polar surface area (TPSA) is 61.6 Å². The molecule has 0 N–H and O–H groups in total. The first kappa shape index (κ1) is 19.2. The molecule has 0 aliphatic carbocycles. The van der Waals surface area contributed by atoms with Gasteiger partial charge in [-0.1, -0.05) is 0 Å². The van der Waals surface area contributed by atoms with Crippen LogP contribution < -0.4 is 9.47 Å². The number of pyridine rings is 1. The zero-order chi connectivity index (χ0) is 19.1. The Labute approximate surface area is 160 Å². The molecule has 1 fully saturated rings. The van der Waals surface area contributed by atoms with Gasteiger partial charge in [0.1, 0.15) is 24.2 Å². The average molecular weight is 366 g/mol. The molecule has 1 atom stereocenters. The van der Waals surface area contributed by atoms with E-state index in [0.29, 0.717) is 12.2 Å². The minimum Gasteiger partial charge on any atom is -0.492 e. The van der Waals surface area contributed by atoms with Crippen molar-refractivity contribution >= 4 is 0 Å². The molecular formula is C21H26N4O2. The smallest absolute Gasteiger partial charge is 0.123 e. The fourth-order valence-electron chi connectivity index (χ4n) is 3.15. The van der Waals surface area contributed by atoms with Crippen molar-refractivity contribution in [3.63, 3.8) is 0 Å². The summed E-state index contributed by atoms with van der Waals surface area (Å²) in [6, 6.07) is 13.3. The van der Waals surface area contributed by atoms with Crippen molar-refractivity contribution in [3.05, 3.63) is 53.9 Å². The Morgan fingerprint density at radius 1 is 1.22 bits per heavy atom. The Balaban J connectivity index is 1.41. The number of benzene rings is 1. The van der Waals surface area contributed by atoms with Crippen LogP contribution >= 0.6 is 0 Å². The molecule has 1 aliphatic rings. The first-order chi connectivity index (χ1) is 13.1. The van der Waals surface area contributed by atoms with Gasteiger partial charge in [0, 0.05) is 38.4 Å². The number of nitrogens with zero attached hydrogens (tertiary/aromatic N) is 4. The molecule has 0 radical (unpaired) electrons. The Bertz CT molecular complexity index is 770. The zero-order valence-corrected chi connectivity index (χ0v) is 16.0. The standard InChI is InChI=1S/C21H26N4O2/c1-24(2)15-18-13-20(7-9-23-18)27-21-8-10-25(16-21)11-12-26-19-5-3-17(14-22)4-6-19/h3-7,9,13,21H,8,10-12,15-16H2,1-2H3. The van der Waals surface area contributed by atoms with Crippen LogP contribution in [0.15, 0.2) is 42.6 Å². The van der Waals surface area contributed by atoms with E-state index in [0.717, 1.165) is 49.8 Å². The Morgan fingerprint density at radius 3 is 2.78 bits per heavy atom. The molecule has 0 amide bonds. The molecule has 1 saturated heterocycles. The summed E-state index contributed by atoms with van der Waals surface area (Å²) >= 11 is 0. The monoisotopic (exact) mass is 366 g/mol. The Morgan fingerprint density at radius 2 is 2.04 bits per heavy atom. The van der Waals surface area contributed by atoms with Crippen LogP contribution in [-0.4, -0.2) is 61.2 Å². The molecular weight excluding hydrogens is 340 g/mol. The highest BCUT2D eigenvalue weighted by Crippen LogP contribution is 2.19. The maximum absolute atomic E-state index is 8.82. The average Bonchev–Trinajstić information content (AvgIpc) is 3.09. The molecule has 2 heterocycles. The summed E-state index contributed by atoms with van der Waals surface area (Å²) < 4.78 is 11.9. The largest absolute Gasteiger partial charge is 0.492 e. The molecule has 142 valence electrons. The van der Waals surface area contributed by atoms with Crippen LogP contribution in [0.1, 0.15) is 17.7 Å². The molecule has 1 aromatic carbocycles. The number of rotatable bonds is 8. The molecule has 27 heavy (non-hydrogen) atoms. The Hall–Kier alpha value is -2.62. The second-order valence-corrected chi connectivity index (χ2v) is 7.03. The highest BCUT2D eigenvalue weighted by atomic mass is 16.5. The molecule has 3 rings (SSSR count). The van der Waals surface area contributed by atoms with Gasteiger partial charge in [0.15, 0.2) is 0 Å². The van der Waals surface area contributed by atoms with E-state index in [4.69, 9.17) is 14.7 Å². The van der Waals surface area contributed by atoms with Gasteiger partial charge in [0.2, 0.25) is 0 Å². The number of hydrogen-bond acceptors (Lipinski definition) is 6. The van der Waals surface area contributed by atoms with Gasteiger partial charge >= 0.3 is 0 Å². The Kier molecular flexibility index (Phi) is 6.64. The van der Waals surface area contributed by atoms with Gasteiger partial charge in [-0.15, -0.1) is 0 Å². The minimum atomic E-state index is 0.203. The predicted molar refractivity (Wildman–Crippen MR) is 104 cm³/mol. The third-order valence-electron chi connectivity index (χ3n) is 4.46. The van der Waals surface area contributed by atoms with Gasteiger partial charge < -0.3 is 14.4 Å². The molecule has 6 nitrogen and oxygen atoms in total. The van der Waals surface area contributed by atoms with E-state index in [1.807, 2.05) is 44.6 Å². The molecule has 1 aliphatic heterocycles. The van der Waals surface area contributed by atoms with Gasteiger partial charge in [-0.2, -0.15) is 5.26 Å². The number of aromatic nitrogens is 1. The second kappa shape index (κ2) is 9.36. The predicted octanol–water partition coefficient (Wildman–Crippen LogP) is 2.55. The van der Waals surface area contributed by atoms with Crippen LogP contribution in [0.3, 0.4) is 0 Å². The summed E-state index contributed by atoms with van der Waals surface area (Å²) in [7, 11) is 4.06. The number of likely N-dealkylation sites (tertiary alicyclic amines) is 1. The normalized spacial score (nSPS) is 17.0. The van der Waals surface area contributed by atoms with E-state index >= 15 is 0 Å². The van der Waals surface area contributed by atoms with Gasteiger partial charge in [-0.25, -0.2) is 0 Å². The SMILES string of the molecule is CN(C)Cc1cc(OC2CCN(CCOc3ccc(C#N)cc3)C2)ccn1. The summed E-state index contributed by atoms with van der Waals surface area (Å²) in [5.74, 6) is 1.69. The highest BCUT2D eigenvalue weighted by molar-refractivity contribution is 5.34. The molecule has 1 aromatic heterocycles. The summed E-state index contributed by atoms with van der Waals surface area (Å²) in [6.07, 6.45) is 3.03. The summed E-state index contributed by atoms with van der Waals surface area (Å²) in [6.45, 7) is 4.21. The lowest BCUT2D eigenvalue weighted by Crippen LogP contribution is -2.28. The third kappa shape index (κ3) is 5.95. The lowest BCUT2D eigenvalue weighted by molar-refractivity contribution is 0.186. The lowest BCUT2D eigenvalue weighted by Gasteiger charge is -2.17. The van der Waals surface area contributed by atoms with Crippen molar-refractivity contribution < 1.29 is 9.47 Å². The molecule has 6 heteroatoms. The maximum Gasteiger partial charge on any atom is 0.123 e. The van der Waals surface area contributed by atoms with E-state index in [2.05, 4.69) is 20.9 Å². The van der Waals surface area contributed by atoms with Crippen LogP contribution in [0.4, 0.5) is 0 Å². The molecule has 0 bridgehead atoms. The van der Waals surface area contributed by atoms with Crippen LogP contribution in [0.25, 0.3) is 0 Å². The molecule has 2 aromatic rings. The minimum absolute atomic E-state index is 0.203. The van der Waals surface area contributed by atoms with E-state index in [1.165, 1.54) is 0 Å². The van der Waals surface area contributed by atoms with Crippen molar-refractivity contribution in [2.24, 2.45) is 0 Å². The van der Waals surface area contributed by atoms with Gasteiger partial charge in [-0.05, 0) is 50.8 Å². The fourth-order valence-corrected chi connectivity index (χ4v) is 3.15. The first-order valence-corrected chi connectivity index (χ1v) is 9.24. The summed E-state index contributed by atoms with van der Waals surface area (Å²) in [5.41, 5.74) is 1.66. The summed E-state index contributed by atoms with van der Waals surface area (Å²) in [5, 5.41) is 8.82. The molecule has 0 saturated carbocycles. The van der Waals surface area contributed by atoms with Crippen molar-refractivity contribution in [1.82, 2.24) is 14.8 Å². The van der Waals surface area contributed by atoms with Crippen LogP contribution in [0, 0.1) is 11.3 Å². The molecule has 1 unspecified atom stereocenters. The number of ether oxygens (including phenoxy) is 2. The third-order valence-corrected chi connectivity index (χ3v) is 4.46. The van der Waals surface area contributed by atoms with Gasteiger partial charge in [0.05, 0.1) is 17.3 Å². The van der Waals surface area contributed by atoms with E-state index in [-0.39, 0.29) is 6.10 Å². The fraction of sp³-hybridized carbons (Fsp3) is 0.429. The van der Waals surface area contributed by atoms with E-state index in [1.54, 1.807) is 12.1 Å². The van der Waals surface area contributed by atoms with Crippen LogP contribution in [0.5, 0.6) is 11.5 Å². The van der Waals surface area contributed by atoms with E-state index in [9.17, 15) is 0 Å². The van der Waals surface area contributed by atoms with Crippen LogP contribution in [-0.2, 0) is 6.54 Å². The number of hydrogen-bond donors (Lipinski definition) is 0.